The van der Waals surface area contributed by atoms with Gasteiger partial charge in [-0.05, 0) is 0 Å². The molecule has 0 unspecified atom stereocenters. The molecule has 0 N–H and O–H groups in total. The van der Waals surface area contributed by atoms with Gasteiger partial charge in [-0.1, -0.05) is 7.12 Å². The van der Waals surface area contributed by atoms with E-state index in [4.69, 9.17) is 0 Å². The molecule has 0 aromatic rings. The molecule has 7 heavy (non-hydrogen) atoms. The van der Waals surface area contributed by atoms with Crippen LogP contribution in [0.3, 0.4) is 0 Å². The van der Waals surface area contributed by atoms with Crippen LogP contribution >= 0.6 is 0 Å². The van der Waals surface area contributed by atoms with Crippen molar-refractivity contribution in [3.8, 4) is 0 Å². The van der Waals surface area contributed by atoms with E-state index >= 15 is 0 Å². The van der Waals surface area contributed by atoms with E-state index in [0.29, 0.717) is 0 Å². The van der Waals surface area contributed by atoms with Gasteiger partial charge in [0.15, 0.2) is 0 Å². The zero-order chi connectivity index (χ0) is 4.28. The van der Waals surface area contributed by atoms with E-state index in [2.05, 4.69) is 6.58 Å². The fraction of sp³-hybridized carbons (Fsp3) is 0. The minimum atomic E-state index is -1.85. The van der Waals surface area contributed by atoms with Crippen molar-refractivity contribution in [1.29, 1.82) is 0 Å². The van der Waals surface area contributed by atoms with Gasteiger partial charge < -0.3 is 10.0 Å². The van der Waals surface area contributed by atoms with E-state index in [-0.39, 0.29) is 37.7 Å². The van der Waals surface area contributed by atoms with Crippen molar-refractivity contribution in [3.63, 3.8) is 0 Å². The molecule has 0 bridgehead atoms. The first-order valence-electron chi connectivity index (χ1n) is 1.21. The molecule has 0 rings (SSSR count). The molecule has 0 saturated carbocycles. The predicted molar refractivity (Wildman–Crippen MR) is 16.0 cm³/mol. The van der Waals surface area contributed by atoms with Crippen LogP contribution in [0, 0.1) is 0 Å². The van der Waals surface area contributed by atoms with Gasteiger partial charge in [0, 0.05) is 0 Å². The van der Waals surface area contributed by atoms with Crippen LogP contribution in [0.1, 0.15) is 0 Å². The molecular weight excluding hydrogens is 80.7 g/mol. The second kappa shape index (κ2) is 10.0. The van der Waals surface area contributed by atoms with Crippen LogP contribution in [-0.2, 0) is 0 Å². The first-order valence-corrected chi connectivity index (χ1v) is 1.21. The predicted octanol–water partition coefficient (Wildman–Crippen LogP) is -8.07. The summed E-state index contributed by atoms with van der Waals surface area (Å²) in [4.78, 5) is 0. The summed E-state index contributed by atoms with van der Waals surface area (Å²) in [6.07, 6.45) is 0. The maximum atomic E-state index is 9.22. The summed E-state index contributed by atoms with van der Waals surface area (Å²) in [5, 5.41) is 18.4. The summed E-state index contributed by atoms with van der Waals surface area (Å²) in [5.41, 5.74) is 0. The smallest absolute Gasteiger partial charge is 0.890 e. The van der Waals surface area contributed by atoms with Gasteiger partial charge in [-0.3, -0.25) is 0 Å². The van der Waals surface area contributed by atoms with Crippen LogP contribution < -0.4 is 47.8 Å². The summed E-state index contributed by atoms with van der Waals surface area (Å²) in [7, 11) is -1.85. The molecule has 0 aromatic heterocycles. The molecule has 0 aliphatic heterocycles. The average molecular weight is 83.7 g/mol. The van der Waals surface area contributed by atoms with Gasteiger partial charge in [-0.15, -0.1) is 6.58 Å². The van der Waals surface area contributed by atoms with Gasteiger partial charge in [0.05, 0.1) is 0 Å². The van der Waals surface area contributed by atoms with E-state index < -0.39 is 7.12 Å². The summed E-state index contributed by atoms with van der Waals surface area (Å²) >= 11 is 0. The summed E-state index contributed by atoms with van der Waals surface area (Å²) in [6.45, 7) is 2.94. The average Bonchev–Trinajstić information content (AvgIpc) is 1.38. The van der Waals surface area contributed by atoms with Crippen LogP contribution in [0.5, 0.6) is 0 Å². The van der Waals surface area contributed by atoms with Gasteiger partial charge >= 0.3 is 37.7 Å². The zero-order valence-corrected chi connectivity index (χ0v) is 4.68. The van der Waals surface area contributed by atoms with E-state index in [1.165, 1.54) is 0 Å². The zero-order valence-electron chi connectivity index (χ0n) is 4.68. The fourth-order valence-corrected chi connectivity index (χ4v) is 0. The van der Waals surface area contributed by atoms with Crippen molar-refractivity contribution >= 4 is 7.12 Å². The van der Waals surface area contributed by atoms with E-state index in [0.717, 1.165) is 5.98 Å². The Balaban J connectivity index is -0.0000000800. The minimum Gasteiger partial charge on any atom is -0.890 e. The Kier molecular flexibility index (Phi) is 22.4. The van der Waals surface area contributed by atoms with Crippen molar-refractivity contribution in [2.75, 3.05) is 0 Å². The maximum Gasteiger partial charge on any atom is 1.00 e. The van der Waals surface area contributed by atoms with Gasteiger partial charge in [0.25, 0.3) is 0 Å². The van der Waals surface area contributed by atoms with E-state index in [1.807, 2.05) is 0 Å². The molecule has 0 atom stereocenters. The summed E-state index contributed by atoms with van der Waals surface area (Å²) in [5.74, 6) is 0.806. The molecule has 0 radical (unpaired) electrons. The Hall–Kier alpha value is 0.920. The monoisotopic (exact) mass is 84.1 g/mol. The topological polar surface area (TPSA) is 46.1 Å². The summed E-state index contributed by atoms with van der Waals surface area (Å²) in [6, 6.07) is 0. The second-order valence-corrected chi connectivity index (χ2v) is 0.604. The third-order valence-electron chi connectivity index (χ3n) is 0.192. The molecule has 2 nitrogen and oxygen atoms in total. The summed E-state index contributed by atoms with van der Waals surface area (Å²) < 4.78 is 0. The van der Waals surface area contributed by atoms with Crippen molar-refractivity contribution in [3.05, 3.63) is 12.6 Å². The number of hydrogen-bond acceptors (Lipinski definition) is 2. The van der Waals surface area contributed by atoms with Crippen LogP contribution in [0.4, 0.5) is 0 Å². The first-order chi connectivity index (χ1) is 2.27. The number of rotatable bonds is 1. The van der Waals surface area contributed by atoms with Crippen LogP contribution in [0.25, 0.3) is 0 Å². The Morgan fingerprint density at radius 2 is 1.43 bits per heavy atom. The number of hydrogen-bond donors (Lipinski definition) is 0. The quantitative estimate of drug-likeness (QED) is 0.296. The van der Waals surface area contributed by atoms with Crippen molar-refractivity contribution in [2.45, 2.75) is 0 Å². The van der Waals surface area contributed by atoms with E-state index in [9.17, 15) is 10.0 Å². The minimum absolute atomic E-state index is 0. The third kappa shape index (κ3) is 19.6. The Morgan fingerprint density at radius 1 is 1.29 bits per heavy atom. The molecule has 0 heterocycles. The van der Waals surface area contributed by atoms with Crippen molar-refractivity contribution < 1.29 is 47.8 Å². The van der Waals surface area contributed by atoms with Gasteiger partial charge in [0.2, 0.25) is 0 Å². The van der Waals surface area contributed by atoms with Crippen LogP contribution in [-0.4, -0.2) is 7.12 Å². The molecule has 0 fully saturated rings. The van der Waals surface area contributed by atoms with Crippen LogP contribution in [0.2, 0.25) is 0 Å². The van der Waals surface area contributed by atoms with E-state index in [1.54, 1.807) is 0 Å². The normalized spacial score (nSPS) is 4.86. The van der Waals surface area contributed by atoms with Gasteiger partial charge in [-0.25, -0.2) is 0 Å². The molecule has 0 aromatic carbocycles. The third-order valence-corrected chi connectivity index (χ3v) is 0.192. The molecule has 5 heteroatoms. The Bertz CT molecular complexity index is 40.7. The molecule has 0 aliphatic rings. The maximum absolute atomic E-state index is 9.22. The van der Waals surface area contributed by atoms with Gasteiger partial charge in [0.1, 0.15) is 0 Å². The van der Waals surface area contributed by atoms with Crippen molar-refractivity contribution in [1.82, 2.24) is 0 Å². The molecule has 0 saturated heterocycles. The molecule has 0 aliphatic carbocycles. The largest absolute Gasteiger partial charge is 1.00 e. The Labute approximate surface area is 67.5 Å². The standard InChI is InChI=1S/C2H3BO2.2Li/c1-2-3(4)5;;/h2H,1H2;;/q-2;2*+1. The molecule has 28 valence electrons. The molecule has 0 amide bonds. The SMILES string of the molecule is C=CB([O-])[O-].[Li+].[Li+]. The molecule has 0 spiro atoms. The van der Waals surface area contributed by atoms with Crippen molar-refractivity contribution in [2.24, 2.45) is 0 Å². The molecular formula is C2H3BLi2O2. The second-order valence-electron chi connectivity index (χ2n) is 0.604. The van der Waals surface area contributed by atoms with Crippen LogP contribution in [0.15, 0.2) is 12.6 Å². The Morgan fingerprint density at radius 3 is 1.43 bits per heavy atom. The van der Waals surface area contributed by atoms with Gasteiger partial charge in [-0.2, -0.15) is 5.98 Å². The first kappa shape index (κ1) is 15.7. The fourth-order valence-electron chi connectivity index (χ4n) is 0.